The van der Waals surface area contributed by atoms with Gasteiger partial charge in [0.25, 0.3) is 0 Å². The monoisotopic (exact) mass is 260 g/mol. The first-order chi connectivity index (χ1) is 9.38. The summed E-state index contributed by atoms with van der Waals surface area (Å²) in [6.45, 7) is 3.73. The molecule has 0 unspecified atom stereocenters. The summed E-state index contributed by atoms with van der Waals surface area (Å²) in [6, 6.07) is 6.65. The topological polar surface area (TPSA) is 35.5 Å². The Morgan fingerprint density at radius 2 is 2.11 bits per heavy atom. The third-order valence-electron chi connectivity index (χ3n) is 4.56. The van der Waals surface area contributed by atoms with Crippen LogP contribution in [0.5, 0.6) is 0 Å². The smallest absolute Gasteiger partial charge is 0.0433 e. The lowest BCUT2D eigenvalue weighted by Gasteiger charge is -2.36. The summed E-state index contributed by atoms with van der Waals surface area (Å²) in [5.41, 5.74) is 4.28. The maximum absolute atomic E-state index is 9.04. The normalized spacial score (nSPS) is 19.9. The van der Waals surface area contributed by atoms with Crippen LogP contribution >= 0.6 is 0 Å². The summed E-state index contributed by atoms with van der Waals surface area (Å²) in [5.74, 6) is 0.721. The highest BCUT2D eigenvalue weighted by atomic mass is 16.3. The predicted octanol–water partition coefficient (Wildman–Crippen LogP) is 2.64. The quantitative estimate of drug-likeness (QED) is 0.877. The number of aliphatic hydroxyl groups is 1. The van der Waals surface area contributed by atoms with E-state index in [0.717, 1.165) is 32.0 Å². The Kier molecular flexibility index (Phi) is 3.92. The fraction of sp³-hybridized carbons (Fsp3) is 0.625. The van der Waals surface area contributed by atoms with Crippen molar-refractivity contribution in [2.75, 3.05) is 36.5 Å². The maximum atomic E-state index is 9.04. The highest BCUT2D eigenvalue weighted by Gasteiger charge is 2.22. The number of benzene rings is 1. The number of fused-ring (bicyclic) bond motifs is 1. The molecule has 1 fully saturated rings. The molecule has 2 aliphatic rings. The first-order valence-corrected chi connectivity index (χ1v) is 7.60. The highest BCUT2D eigenvalue weighted by molar-refractivity contribution is 5.68. The number of aliphatic hydroxyl groups excluding tert-OH is 1. The summed E-state index contributed by atoms with van der Waals surface area (Å²) in [5, 5.41) is 12.5. The largest absolute Gasteiger partial charge is 0.396 e. The van der Waals surface area contributed by atoms with E-state index in [1.807, 2.05) is 0 Å². The van der Waals surface area contributed by atoms with E-state index in [1.54, 1.807) is 0 Å². The summed E-state index contributed by atoms with van der Waals surface area (Å²) >= 11 is 0. The average molecular weight is 260 g/mol. The van der Waals surface area contributed by atoms with Crippen LogP contribution in [0.4, 0.5) is 11.4 Å². The molecule has 0 radical (unpaired) electrons. The molecule has 3 heteroatoms. The Morgan fingerprint density at radius 1 is 1.26 bits per heavy atom. The number of rotatable bonds is 3. The van der Waals surface area contributed by atoms with E-state index >= 15 is 0 Å². The third-order valence-corrected chi connectivity index (χ3v) is 4.56. The molecule has 0 saturated carbocycles. The lowest BCUT2D eigenvalue weighted by atomic mass is 9.92. The van der Waals surface area contributed by atoms with Gasteiger partial charge in [0, 0.05) is 37.6 Å². The first kappa shape index (κ1) is 12.8. The Morgan fingerprint density at radius 3 is 2.89 bits per heavy atom. The minimum absolute atomic E-state index is 0.343. The summed E-state index contributed by atoms with van der Waals surface area (Å²) in [4.78, 5) is 2.54. The molecule has 0 spiro atoms. The van der Waals surface area contributed by atoms with E-state index in [-0.39, 0.29) is 0 Å². The first-order valence-electron chi connectivity index (χ1n) is 7.60. The number of anilines is 2. The molecule has 2 heterocycles. The number of piperidine rings is 1. The van der Waals surface area contributed by atoms with E-state index in [4.69, 9.17) is 5.11 Å². The van der Waals surface area contributed by atoms with E-state index in [0.29, 0.717) is 6.61 Å². The molecule has 0 atom stereocenters. The van der Waals surface area contributed by atoms with Crippen LogP contribution in [0.25, 0.3) is 0 Å². The van der Waals surface area contributed by atoms with E-state index < -0.39 is 0 Å². The molecule has 0 amide bonds. The molecule has 19 heavy (non-hydrogen) atoms. The molecule has 1 saturated heterocycles. The van der Waals surface area contributed by atoms with Crippen molar-refractivity contribution in [1.29, 1.82) is 0 Å². The van der Waals surface area contributed by atoms with Crippen molar-refractivity contribution in [2.45, 2.75) is 32.1 Å². The molecule has 2 aliphatic heterocycles. The van der Waals surface area contributed by atoms with Gasteiger partial charge in [-0.2, -0.15) is 0 Å². The third kappa shape index (κ3) is 2.71. The van der Waals surface area contributed by atoms with Gasteiger partial charge in [0.05, 0.1) is 0 Å². The van der Waals surface area contributed by atoms with Crippen LogP contribution in [0.15, 0.2) is 18.2 Å². The molecule has 3 rings (SSSR count). The van der Waals surface area contributed by atoms with Crippen LogP contribution in [0.2, 0.25) is 0 Å². The van der Waals surface area contributed by atoms with Crippen molar-refractivity contribution in [1.82, 2.24) is 0 Å². The minimum atomic E-state index is 0.343. The van der Waals surface area contributed by atoms with Crippen molar-refractivity contribution in [3.05, 3.63) is 23.8 Å². The van der Waals surface area contributed by atoms with E-state index in [2.05, 4.69) is 28.4 Å². The second-order valence-electron chi connectivity index (χ2n) is 5.78. The minimum Gasteiger partial charge on any atom is -0.396 e. The number of nitrogens with zero attached hydrogens (tertiary/aromatic N) is 1. The molecule has 2 N–H and O–H groups in total. The molecule has 0 aromatic heterocycles. The molecule has 1 aromatic carbocycles. The molecule has 3 nitrogen and oxygen atoms in total. The van der Waals surface area contributed by atoms with Gasteiger partial charge in [-0.05, 0) is 55.7 Å². The van der Waals surface area contributed by atoms with Gasteiger partial charge in [0.2, 0.25) is 0 Å². The van der Waals surface area contributed by atoms with Crippen molar-refractivity contribution in [3.8, 4) is 0 Å². The Hall–Kier alpha value is -1.22. The van der Waals surface area contributed by atoms with Crippen molar-refractivity contribution >= 4 is 11.4 Å². The van der Waals surface area contributed by atoms with Gasteiger partial charge in [-0.1, -0.05) is 6.07 Å². The fourth-order valence-electron chi connectivity index (χ4n) is 3.43. The number of nitrogens with one attached hydrogen (secondary N) is 1. The zero-order valence-corrected chi connectivity index (χ0v) is 11.6. The van der Waals surface area contributed by atoms with E-state index in [1.165, 1.54) is 42.6 Å². The highest BCUT2D eigenvalue weighted by Crippen LogP contribution is 2.34. The lowest BCUT2D eigenvalue weighted by molar-refractivity contribution is 0.240. The molecule has 1 aromatic rings. The van der Waals surface area contributed by atoms with Crippen LogP contribution in [0.3, 0.4) is 0 Å². The molecular formula is C16H24N2O. The van der Waals surface area contributed by atoms with Crippen LogP contribution < -0.4 is 10.2 Å². The van der Waals surface area contributed by atoms with Gasteiger partial charge in [-0.3, -0.25) is 0 Å². The van der Waals surface area contributed by atoms with Crippen LogP contribution in [0, 0.1) is 5.92 Å². The zero-order valence-electron chi connectivity index (χ0n) is 11.6. The summed E-state index contributed by atoms with van der Waals surface area (Å²) < 4.78 is 0. The number of hydrogen-bond acceptors (Lipinski definition) is 3. The van der Waals surface area contributed by atoms with Gasteiger partial charge in [0.1, 0.15) is 0 Å². The maximum Gasteiger partial charge on any atom is 0.0433 e. The Balaban J connectivity index is 1.73. The van der Waals surface area contributed by atoms with Gasteiger partial charge in [0.15, 0.2) is 0 Å². The van der Waals surface area contributed by atoms with Gasteiger partial charge in [-0.25, -0.2) is 0 Å². The fourth-order valence-corrected chi connectivity index (χ4v) is 3.43. The molecule has 0 bridgehead atoms. The summed E-state index contributed by atoms with van der Waals surface area (Å²) in [6.07, 6.45) is 5.86. The van der Waals surface area contributed by atoms with Crippen LogP contribution in [-0.2, 0) is 6.42 Å². The molecular weight excluding hydrogens is 236 g/mol. The second kappa shape index (κ2) is 5.83. The zero-order chi connectivity index (χ0) is 13.1. The summed E-state index contributed by atoms with van der Waals surface area (Å²) in [7, 11) is 0. The van der Waals surface area contributed by atoms with Crippen molar-refractivity contribution in [3.63, 3.8) is 0 Å². The van der Waals surface area contributed by atoms with Gasteiger partial charge < -0.3 is 15.3 Å². The lowest BCUT2D eigenvalue weighted by Crippen LogP contribution is -2.35. The van der Waals surface area contributed by atoms with Crippen molar-refractivity contribution in [2.24, 2.45) is 5.92 Å². The molecule has 0 aliphatic carbocycles. The Labute approximate surface area is 115 Å². The van der Waals surface area contributed by atoms with Gasteiger partial charge in [-0.15, -0.1) is 0 Å². The SMILES string of the molecule is OCCC1CCN(c2cccc3c2CCCN3)CC1. The van der Waals surface area contributed by atoms with Gasteiger partial charge >= 0.3 is 0 Å². The average Bonchev–Trinajstić information content (AvgIpc) is 2.48. The standard InChI is InChI=1S/C16H24N2O/c19-12-8-13-6-10-18(11-7-13)16-5-1-4-15-14(16)3-2-9-17-15/h1,4-5,13,17,19H,2-3,6-12H2. The second-order valence-corrected chi connectivity index (χ2v) is 5.78. The number of hydrogen-bond donors (Lipinski definition) is 2. The van der Waals surface area contributed by atoms with Crippen LogP contribution in [0.1, 0.15) is 31.2 Å². The predicted molar refractivity (Wildman–Crippen MR) is 79.9 cm³/mol. The van der Waals surface area contributed by atoms with E-state index in [9.17, 15) is 0 Å². The Bertz CT molecular complexity index is 425. The molecule has 104 valence electrons. The van der Waals surface area contributed by atoms with Crippen LogP contribution in [-0.4, -0.2) is 31.3 Å². The van der Waals surface area contributed by atoms with Crippen molar-refractivity contribution < 1.29 is 5.11 Å².